The number of rotatable bonds is 3. The number of aliphatic hydroxyl groups is 1. The molecule has 0 aliphatic carbocycles. The van der Waals surface area contributed by atoms with Crippen molar-refractivity contribution in [2.75, 3.05) is 0 Å². The molecule has 1 aromatic heterocycles. The lowest BCUT2D eigenvalue weighted by Crippen LogP contribution is -2.19. The smallest absolute Gasteiger partial charge is 0.404 e. The fourth-order valence-corrected chi connectivity index (χ4v) is 1.56. The Hall–Kier alpha value is -0.640. The minimum Gasteiger partial charge on any atom is -0.404 e. The Labute approximate surface area is 102 Å². The Morgan fingerprint density at radius 2 is 2.06 bits per heavy atom. The van der Waals surface area contributed by atoms with Gasteiger partial charge in [0.2, 0.25) is 0 Å². The summed E-state index contributed by atoms with van der Waals surface area (Å²) < 4.78 is 52.1. The third-order valence-electron chi connectivity index (χ3n) is 1.61. The van der Waals surface area contributed by atoms with Crippen LogP contribution in [-0.4, -0.2) is 16.5 Å². The van der Waals surface area contributed by atoms with Crippen LogP contribution in [0.3, 0.4) is 0 Å². The van der Waals surface area contributed by atoms with E-state index in [2.05, 4.69) is 9.72 Å². The quantitative estimate of drug-likeness (QED) is 0.517. The highest BCUT2D eigenvalue weighted by atomic mass is 127. The monoisotopic (exact) mass is 351 g/mol. The number of alkyl halides is 4. The summed E-state index contributed by atoms with van der Waals surface area (Å²) in [5.74, 6) is -0.678. The molecular weight excluding hydrogens is 345 g/mol. The Kier molecular flexibility index (Phi) is 4.30. The van der Waals surface area contributed by atoms with Gasteiger partial charge in [-0.15, -0.1) is 13.2 Å². The average Bonchev–Trinajstić information content (AvgIpc) is 2.18. The maximum Gasteiger partial charge on any atom is 0.573 e. The third-order valence-corrected chi connectivity index (χ3v) is 2.54. The molecular formula is C8H6F4INO2. The Balaban J connectivity index is 3.15. The lowest BCUT2D eigenvalue weighted by Gasteiger charge is -2.13. The Bertz CT molecular complexity index is 383. The summed E-state index contributed by atoms with van der Waals surface area (Å²) in [7, 11) is 0. The van der Waals surface area contributed by atoms with Crippen molar-refractivity contribution in [2.45, 2.75) is 19.6 Å². The van der Waals surface area contributed by atoms with Crippen molar-refractivity contribution in [3.05, 3.63) is 21.0 Å². The summed E-state index contributed by atoms with van der Waals surface area (Å²) in [5, 5.41) is 8.80. The molecule has 0 saturated carbocycles. The first-order valence-corrected chi connectivity index (χ1v) is 5.06. The van der Waals surface area contributed by atoms with Gasteiger partial charge in [-0.25, -0.2) is 9.37 Å². The molecule has 1 heterocycles. The zero-order valence-corrected chi connectivity index (χ0v) is 9.84. The summed E-state index contributed by atoms with van der Waals surface area (Å²) in [5.41, 5.74) is -0.295. The van der Waals surface area contributed by atoms with Gasteiger partial charge >= 0.3 is 6.36 Å². The predicted octanol–water partition coefficient (Wildman–Crippen LogP) is 2.55. The van der Waals surface area contributed by atoms with Crippen molar-refractivity contribution >= 4 is 22.6 Å². The lowest BCUT2D eigenvalue weighted by atomic mass is 10.2. The van der Waals surface area contributed by atoms with Gasteiger partial charge in [-0.3, -0.25) is 0 Å². The van der Waals surface area contributed by atoms with E-state index in [1.54, 1.807) is 22.6 Å². The highest BCUT2D eigenvalue weighted by molar-refractivity contribution is 14.1. The summed E-state index contributed by atoms with van der Waals surface area (Å²) in [6.45, 7) is -1.67. The first kappa shape index (κ1) is 13.4. The zero-order valence-electron chi connectivity index (χ0n) is 7.68. The van der Waals surface area contributed by atoms with Crippen LogP contribution in [0.2, 0.25) is 0 Å². The molecule has 1 N–H and O–H groups in total. The largest absolute Gasteiger partial charge is 0.573 e. The summed E-state index contributed by atoms with van der Waals surface area (Å²) in [6.07, 6.45) is -4.90. The van der Waals surface area contributed by atoms with Gasteiger partial charge in [0.25, 0.3) is 0 Å². The number of hydrogen-bond acceptors (Lipinski definition) is 3. The molecule has 0 radical (unpaired) electrons. The fourth-order valence-electron chi connectivity index (χ4n) is 0.967. The van der Waals surface area contributed by atoms with Gasteiger partial charge in [0.15, 0.2) is 5.75 Å². The second kappa shape index (κ2) is 5.13. The first-order chi connectivity index (χ1) is 7.37. The van der Waals surface area contributed by atoms with Crippen LogP contribution in [0.25, 0.3) is 0 Å². The summed E-state index contributed by atoms with van der Waals surface area (Å²) >= 11 is 1.66. The van der Waals surface area contributed by atoms with Crippen LogP contribution in [0.5, 0.6) is 5.75 Å². The van der Waals surface area contributed by atoms with Crippen LogP contribution in [0, 0.1) is 3.70 Å². The fraction of sp³-hybridized carbons (Fsp3) is 0.375. The summed E-state index contributed by atoms with van der Waals surface area (Å²) in [6, 6.07) is 0.883. The molecule has 0 atom stereocenters. The molecule has 0 amide bonds. The highest BCUT2D eigenvalue weighted by Gasteiger charge is 2.32. The molecule has 0 aromatic carbocycles. The van der Waals surface area contributed by atoms with Crippen molar-refractivity contribution in [3.63, 3.8) is 0 Å². The van der Waals surface area contributed by atoms with Crippen LogP contribution >= 0.6 is 22.6 Å². The normalized spacial score (nSPS) is 11.6. The van der Waals surface area contributed by atoms with E-state index in [4.69, 9.17) is 5.11 Å². The van der Waals surface area contributed by atoms with Crippen LogP contribution in [0.1, 0.15) is 11.3 Å². The number of ether oxygens (including phenoxy) is 1. The van der Waals surface area contributed by atoms with E-state index >= 15 is 0 Å². The predicted molar refractivity (Wildman–Crippen MR) is 54.4 cm³/mol. The van der Waals surface area contributed by atoms with Gasteiger partial charge in [0.05, 0.1) is 6.61 Å². The molecule has 3 nitrogen and oxygen atoms in total. The van der Waals surface area contributed by atoms with Crippen LogP contribution in [-0.2, 0) is 13.3 Å². The molecule has 90 valence electrons. The second-order valence-electron chi connectivity index (χ2n) is 2.72. The molecule has 1 rings (SSSR count). The molecule has 0 spiro atoms. The van der Waals surface area contributed by atoms with Crippen LogP contribution in [0.15, 0.2) is 6.07 Å². The van der Waals surface area contributed by atoms with E-state index in [1.807, 2.05) is 0 Å². The molecule has 0 aliphatic rings. The lowest BCUT2D eigenvalue weighted by molar-refractivity contribution is -0.275. The Morgan fingerprint density at radius 3 is 2.50 bits per heavy atom. The maximum atomic E-state index is 12.4. The molecule has 0 unspecified atom stereocenters. The van der Waals surface area contributed by atoms with Crippen molar-refractivity contribution in [2.24, 2.45) is 0 Å². The number of halogens is 5. The standard InChI is InChI=1S/C8H6F4INO2/c9-2-4-1-6(16-8(10,11)12)5(3-15)14-7(4)13/h1,15H,2-3H2. The number of aromatic nitrogens is 1. The van der Waals surface area contributed by atoms with E-state index < -0.39 is 25.4 Å². The average molecular weight is 351 g/mol. The topological polar surface area (TPSA) is 42.4 Å². The minimum absolute atomic E-state index is 0.0166. The molecule has 0 fully saturated rings. The molecule has 0 saturated heterocycles. The highest BCUT2D eigenvalue weighted by Crippen LogP contribution is 2.28. The summed E-state index contributed by atoms with van der Waals surface area (Å²) in [4.78, 5) is 3.62. The second-order valence-corrected chi connectivity index (χ2v) is 3.74. The third kappa shape index (κ3) is 3.44. The molecule has 0 aliphatic heterocycles. The maximum absolute atomic E-state index is 12.4. The first-order valence-electron chi connectivity index (χ1n) is 3.98. The van der Waals surface area contributed by atoms with E-state index in [0.717, 1.165) is 6.07 Å². The van der Waals surface area contributed by atoms with Gasteiger partial charge in [0, 0.05) is 5.56 Å². The van der Waals surface area contributed by atoms with Gasteiger partial charge in [-0.1, -0.05) is 0 Å². The molecule has 1 aromatic rings. The number of pyridine rings is 1. The molecule has 8 heteroatoms. The Morgan fingerprint density at radius 1 is 1.44 bits per heavy atom. The molecule has 0 bridgehead atoms. The number of nitrogens with zero attached hydrogens (tertiary/aromatic N) is 1. The zero-order chi connectivity index (χ0) is 12.3. The number of aliphatic hydroxyl groups excluding tert-OH is 1. The van der Waals surface area contributed by atoms with Crippen LogP contribution < -0.4 is 4.74 Å². The van der Waals surface area contributed by atoms with Gasteiger partial charge in [-0.05, 0) is 28.7 Å². The van der Waals surface area contributed by atoms with E-state index in [0.29, 0.717) is 0 Å². The minimum atomic E-state index is -4.90. The van der Waals surface area contributed by atoms with Crippen molar-refractivity contribution in [1.82, 2.24) is 4.98 Å². The molecule has 16 heavy (non-hydrogen) atoms. The van der Waals surface area contributed by atoms with Gasteiger partial charge in [-0.2, -0.15) is 0 Å². The number of hydrogen-bond donors (Lipinski definition) is 1. The van der Waals surface area contributed by atoms with E-state index in [1.165, 1.54) is 0 Å². The van der Waals surface area contributed by atoms with Gasteiger partial charge in [0.1, 0.15) is 16.1 Å². The van der Waals surface area contributed by atoms with E-state index in [9.17, 15) is 17.6 Å². The van der Waals surface area contributed by atoms with E-state index in [-0.39, 0.29) is 15.0 Å². The van der Waals surface area contributed by atoms with Crippen LogP contribution in [0.4, 0.5) is 17.6 Å². The SMILES string of the molecule is OCc1nc(I)c(CF)cc1OC(F)(F)F. The van der Waals surface area contributed by atoms with Crippen molar-refractivity contribution in [3.8, 4) is 5.75 Å². The van der Waals surface area contributed by atoms with Crippen molar-refractivity contribution < 1.29 is 27.4 Å². The van der Waals surface area contributed by atoms with Gasteiger partial charge < -0.3 is 9.84 Å². The van der Waals surface area contributed by atoms with Crippen molar-refractivity contribution in [1.29, 1.82) is 0 Å².